The van der Waals surface area contributed by atoms with E-state index in [9.17, 15) is 4.79 Å². The number of piperidine rings is 1. The summed E-state index contributed by atoms with van der Waals surface area (Å²) in [4.78, 5) is 14.1. The maximum Gasteiger partial charge on any atom is 0.410 e. The zero-order valence-corrected chi connectivity index (χ0v) is 17.2. The van der Waals surface area contributed by atoms with Gasteiger partial charge in [0.25, 0.3) is 0 Å². The largest absolute Gasteiger partial charge is 0.444 e. The monoisotopic (exact) mass is 399 g/mol. The van der Waals surface area contributed by atoms with Gasteiger partial charge in [0.2, 0.25) is 5.71 Å². The molecule has 0 saturated carbocycles. The molecule has 0 aliphatic carbocycles. The Labute approximate surface area is 171 Å². The number of hydrogen-bond donors (Lipinski definition) is 4. The van der Waals surface area contributed by atoms with Crippen LogP contribution < -0.4 is 16.5 Å². The minimum atomic E-state index is -0.486. The summed E-state index contributed by atoms with van der Waals surface area (Å²) in [6, 6.07) is 9.17. The molecule has 1 atom stereocenters. The Morgan fingerprint density at radius 3 is 2.62 bits per heavy atom. The Hall–Kier alpha value is -3.28. The van der Waals surface area contributed by atoms with Crippen LogP contribution in [0.3, 0.4) is 0 Å². The van der Waals surface area contributed by atoms with E-state index >= 15 is 0 Å². The van der Waals surface area contributed by atoms with Gasteiger partial charge >= 0.3 is 6.09 Å². The van der Waals surface area contributed by atoms with Crippen molar-refractivity contribution in [1.82, 2.24) is 4.90 Å². The highest BCUT2D eigenvalue weighted by Gasteiger charge is 2.27. The lowest BCUT2D eigenvalue weighted by Gasteiger charge is -2.34. The fraction of sp³-hybridized carbons (Fsp3) is 0.500. The number of ether oxygens (including phenoxy) is 1. The van der Waals surface area contributed by atoms with Crippen molar-refractivity contribution in [2.45, 2.75) is 39.2 Å². The summed E-state index contributed by atoms with van der Waals surface area (Å²) in [5.74, 6) is -0.0291. The third kappa shape index (κ3) is 7.33. The van der Waals surface area contributed by atoms with Crippen LogP contribution in [0, 0.1) is 22.7 Å². The van der Waals surface area contributed by atoms with Crippen LogP contribution >= 0.6 is 0 Å². The number of benzene rings is 1. The SMILES string of the molecule is CC(C)(C)OC(=O)N1CCCC(CNc2ccc(N/N=C(\C#N)C(=N)N)cc2)C1. The Bertz CT molecular complexity index is 791. The van der Waals surface area contributed by atoms with Gasteiger partial charge in [-0.1, -0.05) is 0 Å². The van der Waals surface area contributed by atoms with E-state index in [4.69, 9.17) is 21.1 Å². The number of amides is 1. The number of carbonyl (C=O) groups excluding carboxylic acids is 1. The van der Waals surface area contributed by atoms with E-state index in [1.807, 2.05) is 45.0 Å². The van der Waals surface area contributed by atoms with E-state index in [0.29, 0.717) is 18.2 Å². The molecular formula is C20H29N7O2. The third-order valence-electron chi connectivity index (χ3n) is 4.31. The predicted molar refractivity (Wildman–Crippen MR) is 114 cm³/mol. The minimum absolute atomic E-state index is 0.168. The number of nitrogens with zero attached hydrogens (tertiary/aromatic N) is 3. The first kappa shape index (κ1) is 22.0. The molecule has 0 aromatic heterocycles. The number of hydrazone groups is 1. The van der Waals surface area contributed by atoms with E-state index in [2.05, 4.69) is 15.8 Å². The van der Waals surface area contributed by atoms with Crippen molar-refractivity contribution >= 4 is 29.0 Å². The molecule has 0 bridgehead atoms. The van der Waals surface area contributed by atoms with Crippen LogP contribution in [0.2, 0.25) is 0 Å². The van der Waals surface area contributed by atoms with Gasteiger partial charge in [-0.15, -0.1) is 0 Å². The van der Waals surface area contributed by atoms with Gasteiger partial charge < -0.3 is 20.7 Å². The summed E-state index contributed by atoms with van der Waals surface area (Å²) >= 11 is 0. The first-order valence-corrected chi connectivity index (χ1v) is 9.58. The lowest BCUT2D eigenvalue weighted by Crippen LogP contribution is -2.44. The number of hydrogen-bond acceptors (Lipinski definition) is 7. The second-order valence-corrected chi connectivity index (χ2v) is 7.99. The highest BCUT2D eigenvalue weighted by molar-refractivity contribution is 6.45. The molecule has 9 heteroatoms. The summed E-state index contributed by atoms with van der Waals surface area (Å²) in [5.41, 5.74) is 8.93. The molecule has 1 fully saturated rings. The van der Waals surface area contributed by atoms with E-state index < -0.39 is 5.60 Å². The van der Waals surface area contributed by atoms with E-state index in [-0.39, 0.29) is 17.6 Å². The van der Waals surface area contributed by atoms with Crippen LogP contribution in [0.15, 0.2) is 29.4 Å². The number of nitrogens with one attached hydrogen (secondary N) is 3. The number of likely N-dealkylation sites (tertiary alicyclic amines) is 1. The molecule has 0 radical (unpaired) electrons. The predicted octanol–water partition coefficient (Wildman–Crippen LogP) is 2.97. The van der Waals surface area contributed by atoms with Gasteiger partial charge in [0, 0.05) is 25.3 Å². The second kappa shape index (κ2) is 9.78. The van der Waals surface area contributed by atoms with Crippen molar-refractivity contribution in [3.63, 3.8) is 0 Å². The Morgan fingerprint density at radius 2 is 2.03 bits per heavy atom. The van der Waals surface area contributed by atoms with Crippen LogP contribution in [0.5, 0.6) is 0 Å². The van der Waals surface area contributed by atoms with Crippen LogP contribution in [0.4, 0.5) is 16.2 Å². The number of nitriles is 1. The average Bonchev–Trinajstić information content (AvgIpc) is 2.66. The van der Waals surface area contributed by atoms with Crippen molar-refractivity contribution in [3.05, 3.63) is 24.3 Å². The van der Waals surface area contributed by atoms with Gasteiger partial charge in [-0.05, 0) is 63.8 Å². The molecule has 1 aliphatic rings. The van der Waals surface area contributed by atoms with Crippen molar-refractivity contribution in [2.75, 3.05) is 30.4 Å². The average molecular weight is 399 g/mol. The summed E-state index contributed by atoms with van der Waals surface area (Å²) in [6.45, 7) is 7.79. The molecule has 1 heterocycles. The van der Waals surface area contributed by atoms with Gasteiger partial charge in [-0.3, -0.25) is 10.8 Å². The molecule has 1 aliphatic heterocycles. The van der Waals surface area contributed by atoms with E-state index in [0.717, 1.165) is 31.6 Å². The quantitative estimate of drug-likeness (QED) is 0.329. The zero-order valence-electron chi connectivity index (χ0n) is 17.2. The molecule has 1 aromatic carbocycles. The molecule has 1 unspecified atom stereocenters. The van der Waals surface area contributed by atoms with Crippen molar-refractivity contribution in [1.29, 1.82) is 10.7 Å². The highest BCUT2D eigenvalue weighted by Crippen LogP contribution is 2.21. The fourth-order valence-corrected chi connectivity index (χ4v) is 2.91. The highest BCUT2D eigenvalue weighted by atomic mass is 16.6. The molecular weight excluding hydrogens is 370 g/mol. The summed E-state index contributed by atoms with van der Waals surface area (Å²) < 4.78 is 5.47. The van der Waals surface area contributed by atoms with Gasteiger partial charge in [-0.25, -0.2) is 4.79 Å². The maximum atomic E-state index is 12.3. The zero-order chi connectivity index (χ0) is 21.4. The lowest BCUT2D eigenvalue weighted by molar-refractivity contribution is 0.0172. The third-order valence-corrected chi connectivity index (χ3v) is 4.31. The van der Waals surface area contributed by atoms with Crippen LogP contribution in [-0.2, 0) is 4.74 Å². The first-order chi connectivity index (χ1) is 13.7. The van der Waals surface area contributed by atoms with Crippen LogP contribution in [0.25, 0.3) is 0 Å². The van der Waals surface area contributed by atoms with Gasteiger partial charge in [0.15, 0.2) is 5.84 Å². The summed E-state index contributed by atoms with van der Waals surface area (Å²) in [6.07, 6.45) is 1.77. The summed E-state index contributed by atoms with van der Waals surface area (Å²) in [7, 11) is 0. The number of anilines is 2. The van der Waals surface area contributed by atoms with Crippen molar-refractivity contribution < 1.29 is 9.53 Å². The van der Waals surface area contributed by atoms with Gasteiger partial charge in [-0.2, -0.15) is 10.4 Å². The molecule has 156 valence electrons. The second-order valence-electron chi connectivity index (χ2n) is 7.99. The molecule has 2 rings (SSSR count). The standard InChI is InChI=1S/C20H29N7O2/c1-20(2,3)29-19(28)27-10-4-5-14(13-27)12-24-15-6-8-16(9-7-15)25-26-17(11-21)18(22)23/h6-9,14,24-25H,4-5,10,12-13H2,1-3H3,(H3,22,23)/b26-17+. The van der Waals surface area contributed by atoms with E-state index in [1.165, 1.54) is 0 Å². The van der Waals surface area contributed by atoms with Gasteiger partial charge in [0.05, 0.1) is 5.69 Å². The molecule has 1 amide bonds. The Morgan fingerprint density at radius 1 is 1.38 bits per heavy atom. The number of carbonyl (C=O) groups is 1. The fourth-order valence-electron chi connectivity index (χ4n) is 2.91. The molecule has 0 spiro atoms. The maximum absolute atomic E-state index is 12.3. The van der Waals surface area contributed by atoms with E-state index in [1.54, 1.807) is 11.0 Å². The van der Waals surface area contributed by atoms with Crippen LogP contribution in [0.1, 0.15) is 33.6 Å². The summed E-state index contributed by atoms with van der Waals surface area (Å²) in [5, 5.41) is 23.3. The smallest absolute Gasteiger partial charge is 0.410 e. The molecule has 5 N–H and O–H groups in total. The topological polar surface area (TPSA) is 140 Å². The van der Waals surface area contributed by atoms with Crippen molar-refractivity contribution in [3.8, 4) is 6.07 Å². The molecule has 29 heavy (non-hydrogen) atoms. The lowest BCUT2D eigenvalue weighted by atomic mass is 9.98. The minimum Gasteiger partial charge on any atom is -0.444 e. The molecule has 1 saturated heterocycles. The molecule has 9 nitrogen and oxygen atoms in total. The van der Waals surface area contributed by atoms with Crippen molar-refractivity contribution in [2.24, 2.45) is 16.8 Å². The Kier molecular flexibility index (Phi) is 7.42. The number of amidine groups is 1. The Balaban J connectivity index is 1.84. The van der Waals surface area contributed by atoms with Gasteiger partial charge in [0.1, 0.15) is 11.7 Å². The first-order valence-electron chi connectivity index (χ1n) is 9.58. The van der Waals surface area contributed by atoms with Crippen LogP contribution in [-0.4, -0.2) is 47.8 Å². The number of rotatable bonds is 6. The normalized spacial score (nSPS) is 17.2. The number of nitrogens with two attached hydrogens (primary N) is 1. The molecule has 1 aromatic rings.